The normalized spacial score (nSPS) is 14.7. The average molecular weight is 440 g/mol. The van der Waals surface area contributed by atoms with Gasteiger partial charge < -0.3 is 9.80 Å². The lowest BCUT2D eigenvalue weighted by atomic mass is 10.1. The summed E-state index contributed by atoms with van der Waals surface area (Å²) in [6.45, 7) is 2.31. The molecule has 0 spiro atoms. The summed E-state index contributed by atoms with van der Waals surface area (Å²) >= 11 is 17.8. The third-order valence-corrected chi connectivity index (χ3v) is 5.83. The molecule has 0 atom stereocenters. The minimum atomic E-state index is -0.0889. The highest BCUT2D eigenvalue weighted by molar-refractivity contribution is 6.42. The first-order chi connectivity index (χ1) is 13.4. The Bertz CT molecular complexity index is 855. The molecule has 2 aromatic carbocycles. The number of halogens is 3. The van der Waals surface area contributed by atoms with E-state index in [1.165, 1.54) is 0 Å². The van der Waals surface area contributed by atoms with Crippen LogP contribution in [0.2, 0.25) is 15.1 Å². The zero-order valence-electron chi connectivity index (χ0n) is 15.3. The van der Waals surface area contributed by atoms with Crippen molar-refractivity contribution in [3.8, 4) is 0 Å². The van der Waals surface area contributed by atoms with Crippen LogP contribution in [0.3, 0.4) is 0 Å². The van der Waals surface area contributed by atoms with E-state index >= 15 is 0 Å². The van der Waals surface area contributed by atoms with Crippen molar-refractivity contribution >= 4 is 46.6 Å². The van der Waals surface area contributed by atoms with E-state index in [1.807, 2.05) is 29.2 Å². The molecule has 0 radical (unpaired) electrons. The standard InChI is InChI=1S/C21H21Cl3N2O2/c22-17-6-2-15(3-7-17)4-9-20(27)25-10-1-11-26(13-12-25)21(28)16-5-8-18(23)19(24)14-16/h2-3,5-8,14H,1,4,9-13H2. The number of amides is 2. The predicted octanol–water partition coefficient (Wildman–Crippen LogP) is 4.95. The number of aryl methyl sites for hydroxylation is 1. The van der Waals surface area contributed by atoms with E-state index in [1.54, 1.807) is 23.1 Å². The largest absolute Gasteiger partial charge is 0.341 e. The second-order valence-corrected chi connectivity index (χ2v) is 8.03. The molecule has 1 saturated heterocycles. The number of hydrogen-bond donors (Lipinski definition) is 0. The SMILES string of the molecule is O=C(CCc1ccc(Cl)cc1)N1CCCN(C(=O)c2ccc(Cl)c(Cl)c2)CC1. The molecule has 148 valence electrons. The average Bonchev–Trinajstić information content (AvgIpc) is 2.95. The molecule has 28 heavy (non-hydrogen) atoms. The molecule has 2 amide bonds. The van der Waals surface area contributed by atoms with Gasteiger partial charge in [-0.2, -0.15) is 0 Å². The van der Waals surface area contributed by atoms with Crippen molar-refractivity contribution in [2.75, 3.05) is 26.2 Å². The van der Waals surface area contributed by atoms with Gasteiger partial charge in [0.1, 0.15) is 0 Å². The minimum absolute atomic E-state index is 0.0889. The maximum atomic E-state index is 12.7. The van der Waals surface area contributed by atoms with Gasteiger partial charge in [0.25, 0.3) is 5.91 Å². The van der Waals surface area contributed by atoms with Crippen LogP contribution in [0, 0.1) is 0 Å². The Morgan fingerprint density at radius 3 is 2.21 bits per heavy atom. The van der Waals surface area contributed by atoms with E-state index < -0.39 is 0 Å². The first kappa shape index (κ1) is 21.0. The summed E-state index contributed by atoms with van der Waals surface area (Å²) in [6.07, 6.45) is 1.88. The Balaban J connectivity index is 1.54. The van der Waals surface area contributed by atoms with Crippen molar-refractivity contribution in [1.29, 1.82) is 0 Å². The smallest absolute Gasteiger partial charge is 0.253 e. The Kier molecular flexibility index (Phi) is 7.22. The number of hydrogen-bond acceptors (Lipinski definition) is 2. The molecule has 4 nitrogen and oxygen atoms in total. The van der Waals surface area contributed by atoms with Gasteiger partial charge in [-0.3, -0.25) is 9.59 Å². The molecular formula is C21H21Cl3N2O2. The molecule has 1 fully saturated rings. The van der Waals surface area contributed by atoms with Crippen LogP contribution in [0.25, 0.3) is 0 Å². The molecular weight excluding hydrogens is 419 g/mol. The molecule has 0 saturated carbocycles. The second kappa shape index (κ2) is 9.64. The summed E-state index contributed by atoms with van der Waals surface area (Å²) in [6, 6.07) is 12.4. The molecule has 0 aliphatic carbocycles. The summed E-state index contributed by atoms with van der Waals surface area (Å²) in [5.41, 5.74) is 1.60. The highest BCUT2D eigenvalue weighted by Gasteiger charge is 2.23. The van der Waals surface area contributed by atoms with E-state index in [0.717, 1.165) is 12.0 Å². The Morgan fingerprint density at radius 1 is 0.821 bits per heavy atom. The van der Waals surface area contributed by atoms with Crippen LogP contribution in [0.15, 0.2) is 42.5 Å². The highest BCUT2D eigenvalue weighted by atomic mass is 35.5. The summed E-state index contributed by atoms with van der Waals surface area (Å²) in [5.74, 6) is 0.0211. The number of carbonyl (C=O) groups is 2. The Hall–Kier alpha value is -1.75. The van der Waals surface area contributed by atoms with Gasteiger partial charge in [0, 0.05) is 43.2 Å². The quantitative estimate of drug-likeness (QED) is 0.676. The Labute approximate surface area is 180 Å². The van der Waals surface area contributed by atoms with Crippen molar-refractivity contribution < 1.29 is 9.59 Å². The fraction of sp³-hybridized carbons (Fsp3) is 0.333. The van der Waals surface area contributed by atoms with Crippen LogP contribution in [0.1, 0.15) is 28.8 Å². The fourth-order valence-electron chi connectivity index (χ4n) is 3.24. The van der Waals surface area contributed by atoms with Crippen molar-refractivity contribution in [1.82, 2.24) is 9.80 Å². The van der Waals surface area contributed by atoms with E-state index in [0.29, 0.717) is 59.7 Å². The van der Waals surface area contributed by atoms with Gasteiger partial charge in [0.05, 0.1) is 10.0 Å². The lowest BCUT2D eigenvalue weighted by Gasteiger charge is -2.22. The highest BCUT2D eigenvalue weighted by Crippen LogP contribution is 2.23. The van der Waals surface area contributed by atoms with Gasteiger partial charge in [-0.25, -0.2) is 0 Å². The second-order valence-electron chi connectivity index (χ2n) is 6.78. The van der Waals surface area contributed by atoms with Gasteiger partial charge in [0.2, 0.25) is 5.91 Å². The first-order valence-corrected chi connectivity index (χ1v) is 10.3. The minimum Gasteiger partial charge on any atom is -0.341 e. The van der Waals surface area contributed by atoms with Crippen molar-refractivity contribution in [3.05, 3.63) is 68.7 Å². The number of rotatable bonds is 4. The summed E-state index contributed by atoms with van der Waals surface area (Å²) in [4.78, 5) is 28.9. The fourth-order valence-corrected chi connectivity index (χ4v) is 3.67. The van der Waals surface area contributed by atoms with E-state index in [-0.39, 0.29) is 11.8 Å². The third-order valence-electron chi connectivity index (χ3n) is 4.84. The molecule has 0 aromatic heterocycles. The van der Waals surface area contributed by atoms with Crippen LogP contribution < -0.4 is 0 Å². The zero-order chi connectivity index (χ0) is 20.1. The van der Waals surface area contributed by atoms with Crippen molar-refractivity contribution in [2.45, 2.75) is 19.3 Å². The molecule has 0 N–H and O–H groups in total. The van der Waals surface area contributed by atoms with Crippen LogP contribution in [-0.2, 0) is 11.2 Å². The first-order valence-electron chi connectivity index (χ1n) is 9.20. The number of carbonyl (C=O) groups excluding carboxylic acids is 2. The molecule has 0 bridgehead atoms. The van der Waals surface area contributed by atoms with Crippen LogP contribution in [-0.4, -0.2) is 47.8 Å². The molecule has 1 aliphatic rings. The lowest BCUT2D eigenvalue weighted by molar-refractivity contribution is -0.131. The topological polar surface area (TPSA) is 40.6 Å². The summed E-state index contributed by atoms with van der Waals surface area (Å²) < 4.78 is 0. The summed E-state index contributed by atoms with van der Waals surface area (Å²) in [5, 5.41) is 1.47. The zero-order valence-corrected chi connectivity index (χ0v) is 17.6. The third kappa shape index (κ3) is 5.40. The van der Waals surface area contributed by atoms with Gasteiger partial charge >= 0.3 is 0 Å². The lowest BCUT2D eigenvalue weighted by Crippen LogP contribution is -2.37. The van der Waals surface area contributed by atoms with E-state index in [2.05, 4.69) is 0 Å². The molecule has 3 rings (SSSR count). The van der Waals surface area contributed by atoms with Crippen LogP contribution >= 0.6 is 34.8 Å². The van der Waals surface area contributed by atoms with Crippen molar-refractivity contribution in [3.63, 3.8) is 0 Å². The molecule has 7 heteroatoms. The van der Waals surface area contributed by atoms with Gasteiger partial charge in [-0.1, -0.05) is 46.9 Å². The van der Waals surface area contributed by atoms with E-state index in [9.17, 15) is 9.59 Å². The molecule has 0 unspecified atom stereocenters. The number of nitrogens with zero attached hydrogens (tertiary/aromatic N) is 2. The van der Waals surface area contributed by atoms with E-state index in [4.69, 9.17) is 34.8 Å². The molecule has 2 aromatic rings. The number of benzene rings is 2. The van der Waals surface area contributed by atoms with Gasteiger partial charge in [-0.15, -0.1) is 0 Å². The summed E-state index contributed by atoms with van der Waals surface area (Å²) in [7, 11) is 0. The van der Waals surface area contributed by atoms with Crippen LogP contribution in [0.4, 0.5) is 0 Å². The maximum absolute atomic E-state index is 12.7. The predicted molar refractivity (Wildman–Crippen MR) is 113 cm³/mol. The van der Waals surface area contributed by atoms with Crippen molar-refractivity contribution in [2.24, 2.45) is 0 Å². The molecule has 1 heterocycles. The monoisotopic (exact) mass is 438 g/mol. The van der Waals surface area contributed by atoms with Gasteiger partial charge in [0.15, 0.2) is 0 Å². The van der Waals surface area contributed by atoms with Gasteiger partial charge in [-0.05, 0) is 48.7 Å². The maximum Gasteiger partial charge on any atom is 0.253 e. The Morgan fingerprint density at radius 2 is 1.50 bits per heavy atom. The molecule has 1 aliphatic heterocycles. The van der Waals surface area contributed by atoms with Crippen LogP contribution in [0.5, 0.6) is 0 Å².